The van der Waals surface area contributed by atoms with E-state index >= 15 is 0 Å². The van der Waals surface area contributed by atoms with Crippen LogP contribution in [0.4, 0.5) is 0 Å². The second kappa shape index (κ2) is 63.6. The molecule has 0 spiro atoms. The van der Waals surface area contributed by atoms with Gasteiger partial charge < -0.3 is 14.2 Å². The summed E-state index contributed by atoms with van der Waals surface area (Å²) in [5, 5.41) is 0. The van der Waals surface area contributed by atoms with Crippen LogP contribution in [-0.4, -0.2) is 37.2 Å². The number of carbonyl (C=O) groups is 3. The molecule has 0 N–H and O–H groups in total. The Labute approximate surface area is 473 Å². The lowest BCUT2D eigenvalue weighted by atomic mass is 10.1. The van der Waals surface area contributed by atoms with Crippen molar-refractivity contribution in [3.8, 4) is 0 Å². The van der Waals surface area contributed by atoms with Crippen LogP contribution in [0.5, 0.6) is 0 Å². The molecular formula is C71H112O6. The van der Waals surface area contributed by atoms with Crippen LogP contribution in [0.15, 0.2) is 158 Å². The summed E-state index contributed by atoms with van der Waals surface area (Å²) in [5.74, 6) is -0.942. The Kier molecular flexibility index (Phi) is 59.5. The summed E-state index contributed by atoms with van der Waals surface area (Å²) in [5.41, 5.74) is 0. The highest BCUT2D eigenvalue weighted by Gasteiger charge is 2.19. The van der Waals surface area contributed by atoms with Gasteiger partial charge in [0.1, 0.15) is 13.2 Å². The highest BCUT2D eigenvalue weighted by atomic mass is 16.6. The molecule has 0 aliphatic heterocycles. The molecule has 0 saturated heterocycles. The summed E-state index contributed by atoms with van der Waals surface area (Å²) in [6, 6.07) is 0. The van der Waals surface area contributed by atoms with Crippen molar-refractivity contribution in [3.63, 3.8) is 0 Å². The summed E-state index contributed by atoms with van der Waals surface area (Å²) in [4.78, 5) is 37.9. The van der Waals surface area contributed by atoms with E-state index in [1.54, 1.807) is 0 Å². The van der Waals surface area contributed by atoms with Gasteiger partial charge in [-0.05, 0) is 128 Å². The Morgan fingerprint density at radius 3 is 0.792 bits per heavy atom. The fourth-order valence-electron chi connectivity index (χ4n) is 7.95. The minimum Gasteiger partial charge on any atom is -0.462 e. The van der Waals surface area contributed by atoms with Gasteiger partial charge in [-0.2, -0.15) is 0 Å². The van der Waals surface area contributed by atoms with Gasteiger partial charge in [0.05, 0.1) is 0 Å². The molecule has 0 aliphatic rings. The van der Waals surface area contributed by atoms with Gasteiger partial charge in [0.2, 0.25) is 0 Å². The average molecular weight is 1060 g/mol. The molecule has 432 valence electrons. The summed E-state index contributed by atoms with van der Waals surface area (Å²) in [6.45, 7) is 6.29. The summed E-state index contributed by atoms with van der Waals surface area (Å²) in [7, 11) is 0. The fourth-order valence-corrected chi connectivity index (χ4v) is 7.95. The lowest BCUT2D eigenvalue weighted by molar-refractivity contribution is -0.167. The Balaban J connectivity index is 4.16. The third kappa shape index (κ3) is 61.8. The second-order valence-electron chi connectivity index (χ2n) is 19.9. The van der Waals surface area contributed by atoms with Gasteiger partial charge in [-0.15, -0.1) is 0 Å². The molecular weight excluding hydrogens is 949 g/mol. The Morgan fingerprint density at radius 2 is 0.506 bits per heavy atom. The largest absolute Gasteiger partial charge is 0.462 e. The van der Waals surface area contributed by atoms with Crippen LogP contribution in [0, 0.1) is 0 Å². The zero-order chi connectivity index (χ0) is 55.7. The molecule has 0 aromatic rings. The predicted octanol–water partition coefficient (Wildman–Crippen LogP) is 21.3. The number of hydrogen-bond acceptors (Lipinski definition) is 6. The van der Waals surface area contributed by atoms with Crippen LogP contribution in [-0.2, 0) is 28.6 Å². The molecule has 0 rings (SSSR count). The van der Waals surface area contributed by atoms with Crippen LogP contribution in [0.25, 0.3) is 0 Å². The lowest BCUT2D eigenvalue weighted by Crippen LogP contribution is -2.30. The molecule has 6 heteroatoms. The first-order valence-corrected chi connectivity index (χ1v) is 31.0. The molecule has 0 aromatic carbocycles. The predicted molar refractivity (Wildman–Crippen MR) is 334 cm³/mol. The van der Waals surface area contributed by atoms with Gasteiger partial charge in [0.25, 0.3) is 0 Å². The number of rotatable bonds is 54. The Hall–Kier alpha value is -4.97. The van der Waals surface area contributed by atoms with E-state index in [0.29, 0.717) is 19.3 Å². The van der Waals surface area contributed by atoms with Crippen molar-refractivity contribution < 1.29 is 28.6 Å². The normalized spacial score (nSPS) is 13.2. The van der Waals surface area contributed by atoms with Crippen LogP contribution in [0.1, 0.15) is 252 Å². The number of ether oxygens (including phenoxy) is 3. The maximum Gasteiger partial charge on any atom is 0.306 e. The SMILES string of the molecule is CC/C=C\C/C=C\C/C=C\C/C=C\C/C=C\C/C=C\C/C=C\C/C=C\C/C=C\CCCCCCCC(=O)OCC(COC(=O)CCCCCCC)OC(=O)CCCCCCCCCC/C=C\C/C=C\C/C=C\C/C=C\CC. The topological polar surface area (TPSA) is 78.9 Å². The maximum absolute atomic E-state index is 12.8. The molecule has 6 nitrogen and oxygen atoms in total. The van der Waals surface area contributed by atoms with Crippen LogP contribution in [0.3, 0.4) is 0 Å². The molecule has 1 atom stereocenters. The number of hydrogen-bond donors (Lipinski definition) is 0. The molecule has 0 heterocycles. The quantitative estimate of drug-likeness (QED) is 0.0261. The summed E-state index contributed by atoms with van der Waals surface area (Å²) in [6.07, 6.45) is 92.9. The third-order valence-corrected chi connectivity index (χ3v) is 12.5. The van der Waals surface area contributed by atoms with E-state index in [9.17, 15) is 14.4 Å². The monoisotopic (exact) mass is 1060 g/mol. The van der Waals surface area contributed by atoms with Crippen LogP contribution >= 0.6 is 0 Å². The van der Waals surface area contributed by atoms with E-state index in [1.807, 2.05) is 0 Å². The number of unbranched alkanes of at least 4 members (excludes halogenated alkanes) is 17. The van der Waals surface area contributed by atoms with Crippen molar-refractivity contribution in [3.05, 3.63) is 158 Å². The molecule has 0 radical (unpaired) electrons. The lowest BCUT2D eigenvalue weighted by Gasteiger charge is -2.18. The standard InChI is InChI=1S/C71H112O6/c1-4-7-10-13-15-17-19-21-23-25-27-29-30-31-32-33-34-35-36-37-38-39-40-42-43-45-47-49-51-53-55-58-61-64-70(73)76-67-68(66-75-69(72)63-60-57-12-9-6-3)77-71(74)65-62-59-56-54-52-50-48-46-44-41-28-26-24-22-20-18-16-14-11-8-5-2/h7-8,10-11,15-18,21-24,27-29,31-32,34-35,37-38,40-42,45,47,68H,4-6,9,12-14,19-20,25-26,30,33,36,39,43-44,46,48-67H2,1-3H3/b10-7-,11-8-,17-15-,18-16-,23-21-,24-22-,29-27-,32-31-,35-34-,38-37-,41-28-,42-40-,47-45-. The average Bonchev–Trinajstić information content (AvgIpc) is 3.43. The van der Waals surface area contributed by atoms with Crippen molar-refractivity contribution >= 4 is 17.9 Å². The van der Waals surface area contributed by atoms with Gasteiger partial charge in [0.15, 0.2) is 6.10 Å². The highest BCUT2D eigenvalue weighted by Crippen LogP contribution is 2.14. The second-order valence-corrected chi connectivity index (χ2v) is 19.9. The molecule has 77 heavy (non-hydrogen) atoms. The Bertz CT molecular complexity index is 1740. The van der Waals surface area contributed by atoms with Crippen LogP contribution in [0.2, 0.25) is 0 Å². The maximum atomic E-state index is 12.8. The first-order valence-electron chi connectivity index (χ1n) is 31.0. The number of allylic oxidation sites excluding steroid dienone is 26. The summed E-state index contributed by atoms with van der Waals surface area (Å²) < 4.78 is 16.7. The molecule has 1 unspecified atom stereocenters. The molecule has 0 fully saturated rings. The first kappa shape index (κ1) is 72.0. The molecule has 0 amide bonds. The zero-order valence-corrected chi connectivity index (χ0v) is 49.4. The van der Waals surface area contributed by atoms with Crippen molar-refractivity contribution in [1.29, 1.82) is 0 Å². The van der Waals surface area contributed by atoms with Crippen molar-refractivity contribution in [1.82, 2.24) is 0 Å². The minimum absolute atomic E-state index is 0.0938. The van der Waals surface area contributed by atoms with Gasteiger partial charge in [-0.3, -0.25) is 14.4 Å². The van der Waals surface area contributed by atoms with Gasteiger partial charge in [0, 0.05) is 19.3 Å². The van der Waals surface area contributed by atoms with Gasteiger partial charge in [-0.25, -0.2) is 0 Å². The van der Waals surface area contributed by atoms with E-state index < -0.39 is 6.10 Å². The molecule has 0 saturated carbocycles. The fraction of sp³-hybridized carbons (Fsp3) is 0.592. The molecule has 0 aliphatic carbocycles. The molecule has 0 aromatic heterocycles. The smallest absolute Gasteiger partial charge is 0.306 e. The van der Waals surface area contributed by atoms with Crippen molar-refractivity contribution in [2.75, 3.05) is 13.2 Å². The highest BCUT2D eigenvalue weighted by molar-refractivity contribution is 5.71. The van der Waals surface area contributed by atoms with E-state index in [0.717, 1.165) is 180 Å². The number of esters is 3. The summed E-state index contributed by atoms with van der Waals surface area (Å²) >= 11 is 0. The van der Waals surface area contributed by atoms with Crippen LogP contribution < -0.4 is 0 Å². The van der Waals surface area contributed by atoms with Crippen molar-refractivity contribution in [2.45, 2.75) is 258 Å². The van der Waals surface area contributed by atoms with E-state index in [1.165, 1.54) is 32.1 Å². The molecule has 0 bridgehead atoms. The third-order valence-electron chi connectivity index (χ3n) is 12.5. The first-order chi connectivity index (χ1) is 38.0. The van der Waals surface area contributed by atoms with Gasteiger partial charge >= 0.3 is 17.9 Å². The van der Waals surface area contributed by atoms with Gasteiger partial charge in [-0.1, -0.05) is 262 Å². The van der Waals surface area contributed by atoms with E-state index in [2.05, 4.69) is 179 Å². The minimum atomic E-state index is -0.794. The van der Waals surface area contributed by atoms with Crippen molar-refractivity contribution in [2.24, 2.45) is 0 Å². The zero-order valence-electron chi connectivity index (χ0n) is 49.4. The van der Waals surface area contributed by atoms with E-state index in [-0.39, 0.29) is 31.1 Å². The van der Waals surface area contributed by atoms with E-state index in [4.69, 9.17) is 14.2 Å². The Morgan fingerprint density at radius 1 is 0.273 bits per heavy atom. The number of carbonyl (C=O) groups excluding carboxylic acids is 3.